The van der Waals surface area contributed by atoms with Gasteiger partial charge in [-0.2, -0.15) is 5.26 Å². The minimum absolute atomic E-state index is 0.223. The summed E-state index contributed by atoms with van der Waals surface area (Å²) in [4.78, 5) is 36.7. The number of aromatic amines is 1. The first-order valence-electron chi connectivity index (χ1n) is 11.7. The number of ether oxygens (including phenoxy) is 2. The number of nitriles is 1. The maximum Gasteiger partial charge on any atom is 0.513 e. The molecule has 0 amide bonds. The van der Waals surface area contributed by atoms with Crippen LogP contribution in [0.4, 0.5) is 4.79 Å². The molecule has 0 saturated carbocycles. The molecule has 4 heterocycles. The van der Waals surface area contributed by atoms with Gasteiger partial charge in [0.05, 0.1) is 41.1 Å². The molecule has 0 bridgehead atoms. The first-order chi connectivity index (χ1) is 18.2. The van der Waals surface area contributed by atoms with E-state index in [2.05, 4.69) is 25.8 Å². The minimum Gasteiger partial charge on any atom is -0.437 e. The van der Waals surface area contributed by atoms with Crippen LogP contribution in [0.15, 0.2) is 72.0 Å². The molecular formula is C28H24N6O4. The summed E-state index contributed by atoms with van der Waals surface area (Å²) < 4.78 is 12.9. The Morgan fingerprint density at radius 3 is 2.58 bits per heavy atom. The summed E-state index contributed by atoms with van der Waals surface area (Å²) in [5, 5.41) is 10.1. The summed E-state index contributed by atoms with van der Waals surface area (Å²) >= 11 is 0. The van der Waals surface area contributed by atoms with E-state index >= 15 is 0 Å². The van der Waals surface area contributed by atoms with Gasteiger partial charge in [-0.3, -0.25) is 9.55 Å². The molecule has 38 heavy (non-hydrogen) atoms. The molecule has 0 saturated heterocycles. The molecule has 0 aliphatic heterocycles. The Hall–Kier alpha value is -5.17. The maximum atomic E-state index is 13.1. The summed E-state index contributed by atoms with van der Waals surface area (Å²) in [5.74, 6) is 0.301. The molecule has 0 spiro atoms. The molecule has 0 aliphatic carbocycles. The van der Waals surface area contributed by atoms with Gasteiger partial charge in [-0.1, -0.05) is 12.1 Å². The second-order valence-electron chi connectivity index (χ2n) is 9.29. The van der Waals surface area contributed by atoms with Gasteiger partial charge in [-0.15, -0.1) is 0 Å². The Morgan fingerprint density at radius 2 is 1.87 bits per heavy atom. The van der Waals surface area contributed by atoms with E-state index in [1.54, 1.807) is 36.4 Å². The molecular weight excluding hydrogens is 484 g/mol. The van der Waals surface area contributed by atoms with Crippen molar-refractivity contribution in [1.82, 2.24) is 24.1 Å². The van der Waals surface area contributed by atoms with E-state index in [1.165, 1.54) is 11.7 Å². The van der Waals surface area contributed by atoms with E-state index in [9.17, 15) is 14.9 Å². The highest BCUT2D eigenvalue weighted by molar-refractivity contribution is 5.89. The van der Waals surface area contributed by atoms with Crippen LogP contribution in [-0.2, 0) is 17.2 Å². The summed E-state index contributed by atoms with van der Waals surface area (Å²) in [5.41, 5.74) is 3.98. The number of nitrogens with one attached hydrogen (secondary N) is 1. The number of hydrogen-bond acceptors (Lipinski definition) is 7. The first-order valence-corrected chi connectivity index (χ1v) is 11.7. The lowest BCUT2D eigenvalue weighted by atomic mass is 9.86. The Morgan fingerprint density at radius 1 is 1.11 bits per heavy atom. The fraction of sp³-hybridized carbons (Fsp3) is 0.179. The van der Waals surface area contributed by atoms with Crippen molar-refractivity contribution in [2.75, 3.05) is 7.11 Å². The van der Waals surface area contributed by atoms with Gasteiger partial charge >= 0.3 is 11.8 Å². The van der Waals surface area contributed by atoms with Crippen molar-refractivity contribution >= 4 is 17.2 Å². The zero-order valence-corrected chi connectivity index (χ0v) is 21.2. The highest BCUT2D eigenvalue weighted by atomic mass is 16.7. The van der Waals surface area contributed by atoms with Crippen molar-refractivity contribution in [3.63, 3.8) is 0 Å². The lowest BCUT2D eigenvalue weighted by molar-refractivity contribution is 0.122. The Labute approximate surface area is 217 Å². The number of methoxy groups -OCH3 is 1. The first kappa shape index (κ1) is 24.5. The van der Waals surface area contributed by atoms with Crippen molar-refractivity contribution in [3.8, 4) is 40.0 Å². The van der Waals surface area contributed by atoms with Gasteiger partial charge in [0.25, 0.3) is 0 Å². The van der Waals surface area contributed by atoms with Crippen molar-refractivity contribution < 1.29 is 14.3 Å². The zero-order valence-electron chi connectivity index (χ0n) is 21.2. The van der Waals surface area contributed by atoms with Crippen molar-refractivity contribution in [2.45, 2.75) is 19.3 Å². The van der Waals surface area contributed by atoms with Crippen LogP contribution < -0.4 is 10.4 Å². The molecule has 0 unspecified atom stereocenters. The van der Waals surface area contributed by atoms with Crippen molar-refractivity contribution in [1.29, 1.82) is 5.26 Å². The van der Waals surface area contributed by atoms with Gasteiger partial charge in [0, 0.05) is 37.4 Å². The quantitative estimate of drug-likeness (QED) is 0.340. The third kappa shape index (κ3) is 4.30. The molecule has 0 atom stereocenters. The predicted molar refractivity (Wildman–Crippen MR) is 141 cm³/mol. The Bertz CT molecular complexity index is 1770. The topological polar surface area (TPSA) is 128 Å². The molecule has 10 heteroatoms. The lowest BCUT2D eigenvalue weighted by Crippen LogP contribution is -2.21. The highest BCUT2D eigenvalue weighted by Crippen LogP contribution is 2.31. The van der Waals surface area contributed by atoms with E-state index in [-0.39, 0.29) is 5.69 Å². The number of imidazole rings is 1. The van der Waals surface area contributed by atoms with Crippen LogP contribution in [0.1, 0.15) is 19.4 Å². The second-order valence-corrected chi connectivity index (χ2v) is 9.29. The maximum absolute atomic E-state index is 13.1. The number of benzene rings is 1. The fourth-order valence-electron chi connectivity index (χ4n) is 4.18. The molecule has 10 nitrogen and oxygen atoms in total. The van der Waals surface area contributed by atoms with Crippen LogP contribution in [0.2, 0.25) is 0 Å². The SMILES string of the molecule is COC(=O)Oc1c[nH]c2ncc(-c3ccnc(-c4cn(C)c(=O)n4-c4ccc(C(C)(C)C#N)cc4)c3)cc12. The predicted octanol–water partition coefficient (Wildman–Crippen LogP) is 4.73. The number of aromatic nitrogens is 5. The number of carbonyl (C=O) groups is 1. The Balaban J connectivity index is 1.56. The van der Waals surface area contributed by atoms with Crippen LogP contribution in [0.3, 0.4) is 0 Å². The number of fused-ring (bicyclic) bond motifs is 1. The van der Waals surface area contributed by atoms with Crippen LogP contribution >= 0.6 is 0 Å². The van der Waals surface area contributed by atoms with Crippen molar-refractivity contribution in [3.05, 3.63) is 83.3 Å². The fourth-order valence-corrected chi connectivity index (χ4v) is 4.18. The normalized spacial score (nSPS) is 11.3. The number of H-pyrrole nitrogens is 1. The zero-order chi connectivity index (χ0) is 27.0. The van der Waals surface area contributed by atoms with Gasteiger partial charge < -0.3 is 19.0 Å². The Kier molecular flexibility index (Phi) is 6.04. The summed E-state index contributed by atoms with van der Waals surface area (Å²) in [6, 6.07) is 15.2. The number of carbonyl (C=O) groups excluding carboxylic acids is 1. The van der Waals surface area contributed by atoms with Crippen molar-refractivity contribution in [2.24, 2.45) is 7.05 Å². The number of rotatable bonds is 5. The van der Waals surface area contributed by atoms with Gasteiger partial charge in [-0.05, 0) is 55.3 Å². The number of aryl methyl sites for hydroxylation is 1. The highest BCUT2D eigenvalue weighted by Gasteiger charge is 2.21. The van der Waals surface area contributed by atoms with Gasteiger partial charge in [0.15, 0.2) is 5.75 Å². The van der Waals surface area contributed by atoms with Gasteiger partial charge in [-0.25, -0.2) is 14.6 Å². The largest absolute Gasteiger partial charge is 0.513 e. The molecule has 0 radical (unpaired) electrons. The second kappa shape index (κ2) is 9.37. The number of pyridine rings is 2. The van der Waals surface area contributed by atoms with E-state index < -0.39 is 11.6 Å². The van der Waals surface area contributed by atoms with Gasteiger partial charge in [0.1, 0.15) is 5.65 Å². The van der Waals surface area contributed by atoms with E-state index in [4.69, 9.17) is 4.74 Å². The molecule has 4 aromatic heterocycles. The average Bonchev–Trinajstić information content (AvgIpc) is 3.48. The minimum atomic E-state index is -0.825. The smallest absolute Gasteiger partial charge is 0.437 e. The van der Waals surface area contributed by atoms with E-state index in [1.807, 2.05) is 56.3 Å². The molecule has 1 N–H and O–H groups in total. The monoisotopic (exact) mass is 508 g/mol. The number of hydrogen-bond donors (Lipinski definition) is 1. The lowest BCUT2D eigenvalue weighted by Gasteiger charge is -2.16. The molecule has 0 fully saturated rings. The van der Waals surface area contributed by atoms with Crippen LogP contribution in [0, 0.1) is 11.3 Å². The third-order valence-electron chi connectivity index (χ3n) is 6.39. The molecule has 190 valence electrons. The third-order valence-corrected chi connectivity index (χ3v) is 6.39. The van der Waals surface area contributed by atoms with E-state index in [0.29, 0.717) is 33.9 Å². The molecule has 5 aromatic rings. The summed E-state index contributed by atoms with van der Waals surface area (Å²) in [6.07, 6.45) is 5.82. The molecule has 0 aliphatic rings. The molecule has 1 aromatic carbocycles. The van der Waals surface area contributed by atoms with E-state index in [0.717, 1.165) is 16.7 Å². The average molecular weight is 509 g/mol. The van der Waals surface area contributed by atoms with Crippen LogP contribution in [0.5, 0.6) is 5.75 Å². The standard InChI is InChI=1S/C28H24N6O4/c1-28(2,16-29)19-5-7-20(8-6-19)34-23(15-33(3)26(34)35)22-12-17(9-10-30-22)18-11-21-24(38-27(36)37-4)14-32-25(21)31-13-18/h5-15H,1-4H3,(H,31,32). The van der Waals surface area contributed by atoms with Gasteiger partial charge in [0.2, 0.25) is 0 Å². The summed E-state index contributed by atoms with van der Waals surface area (Å²) in [6.45, 7) is 3.70. The summed E-state index contributed by atoms with van der Waals surface area (Å²) in [7, 11) is 2.93. The van der Waals surface area contributed by atoms with Crippen LogP contribution in [-0.4, -0.2) is 37.4 Å². The number of nitrogens with zero attached hydrogens (tertiary/aromatic N) is 5. The van der Waals surface area contributed by atoms with Crippen LogP contribution in [0.25, 0.3) is 39.2 Å². The molecule has 5 rings (SSSR count).